The number of aldehydes is 1. The summed E-state index contributed by atoms with van der Waals surface area (Å²) in [6.45, 7) is 5.88. The van der Waals surface area contributed by atoms with E-state index in [1.807, 2.05) is 6.92 Å². The van der Waals surface area contributed by atoms with Gasteiger partial charge in [-0.1, -0.05) is 13.3 Å². The van der Waals surface area contributed by atoms with Gasteiger partial charge in [-0.05, 0) is 25.8 Å². The summed E-state index contributed by atoms with van der Waals surface area (Å²) >= 11 is 0. The first-order valence-electron chi connectivity index (χ1n) is 5.49. The van der Waals surface area contributed by atoms with Crippen molar-refractivity contribution in [3.05, 3.63) is 22.5 Å². The van der Waals surface area contributed by atoms with Crippen LogP contribution in [0, 0.1) is 6.92 Å². The molecule has 0 saturated heterocycles. The van der Waals surface area contributed by atoms with Crippen LogP contribution in [0.4, 0.5) is 0 Å². The van der Waals surface area contributed by atoms with Crippen molar-refractivity contribution in [3.8, 4) is 0 Å². The maximum absolute atomic E-state index is 11.7. The van der Waals surface area contributed by atoms with Gasteiger partial charge in [-0.3, -0.25) is 4.79 Å². The third-order valence-electron chi connectivity index (χ3n) is 2.44. The smallest absolute Gasteiger partial charge is 0.355 e. The zero-order valence-electron chi connectivity index (χ0n) is 9.92. The molecule has 0 aliphatic carbocycles. The molecule has 16 heavy (non-hydrogen) atoms. The van der Waals surface area contributed by atoms with Crippen LogP contribution in [-0.4, -0.2) is 23.8 Å². The average Bonchev–Trinajstić information content (AvgIpc) is 2.56. The van der Waals surface area contributed by atoms with Gasteiger partial charge in [0.25, 0.3) is 0 Å². The minimum atomic E-state index is -0.387. The molecule has 0 unspecified atom stereocenters. The highest BCUT2D eigenvalue weighted by Crippen LogP contribution is 2.19. The van der Waals surface area contributed by atoms with E-state index in [1.54, 1.807) is 13.8 Å². The van der Waals surface area contributed by atoms with E-state index >= 15 is 0 Å². The Morgan fingerprint density at radius 2 is 2.12 bits per heavy atom. The normalized spacial score (nSPS) is 10.2. The highest BCUT2D eigenvalue weighted by molar-refractivity contribution is 5.93. The van der Waals surface area contributed by atoms with Gasteiger partial charge < -0.3 is 9.72 Å². The van der Waals surface area contributed by atoms with E-state index in [-0.39, 0.29) is 5.97 Å². The van der Waals surface area contributed by atoms with Crippen LogP contribution in [0.3, 0.4) is 0 Å². The van der Waals surface area contributed by atoms with Crippen LogP contribution in [0.1, 0.15) is 52.4 Å². The van der Waals surface area contributed by atoms with E-state index in [9.17, 15) is 9.59 Å². The minimum absolute atomic E-state index is 0.332. The summed E-state index contributed by atoms with van der Waals surface area (Å²) in [5.74, 6) is -0.387. The third-order valence-corrected chi connectivity index (χ3v) is 2.44. The topological polar surface area (TPSA) is 59.2 Å². The number of aromatic amines is 1. The monoisotopic (exact) mass is 223 g/mol. The van der Waals surface area contributed by atoms with E-state index in [0.717, 1.165) is 24.0 Å². The first-order chi connectivity index (χ1) is 7.65. The number of carbonyl (C=O) groups is 2. The van der Waals surface area contributed by atoms with Crippen LogP contribution < -0.4 is 0 Å². The van der Waals surface area contributed by atoms with Crippen LogP contribution in [-0.2, 0) is 11.2 Å². The number of nitrogens with one attached hydrogen (secondary N) is 1. The van der Waals surface area contributed by atoms with Crippen LogP contribution >= 0.6 is 0 Å². The van der Waals surface area contributed by atoms with Crippen LogP contribution in [0.5, 0.6) is 0 Å². The van der Waals surface area contributed by atoms with Crippen molar-refractivity contribution in [3.63, 3.8) is 0 Å². The molecule has 88 valence electrons. The summed E-state index contributed by atoms with van der Waals surface area (Å²) in [6, 6.07) is 0. The predicted octanol–water partition coefficient (Wildman–Crippen LogP) is 2.26. The number of carbonyl (C=O) groups excluding carboxylic acids is 2. The lowest BCUT2D eigenvalue weighted by Crippen LogP contribution is -2.08. The van der Waals surface area contributed by atoms with Crippen LogP contribution in [0.15, 0.2) is 0 Å². The summed E-state index contributed by atoms with van der Waals surface area (Å²) in [7, 11) is 0. The van der Waals surface area contributed by atoms with Crippen molar-refractivity contribution in [1.82, 2.24) is 4.98 Å². The molecular formula is C12H17NO3. The number of aryl methyl sites for hydroxylation is 1. The molecule has 1 rings (SSSR count). The second-order valence-electron chi connectivity index (χ2n) is 3.61. The Hall–Kier alpha value is -1.58. The molecule has 0 aliphatic rings. The number of hydrogen-bond donors (Lipinski definition) is 1. The SMILES string of the molecule is CCCc1c(C(=O)OCC)[nH]c(C)c1C=O. The molecule has 4 nitrogen and oxygen atoms in total. The van der Waals surface area contributed by atoms with Gasteiger partial charge in [0.15, 0.2) is 6.29 Å². The van der Waals surface area contributed by atoms with Gasteiger partial charge in [-0.25, -0.2) is 4.79 Å². The van der Waals surface area contributed by atoms with Crippen molar-refractivity contribution in [1.29, 1.82) is 0 Å². The molecular weight excluding hydrogens is 206 g/mol. The number of ether oxygens (including phenoxy) is 1. The molecule has 0 saturated carbocycles. The molecule has 1 aromatic heterocycles. The number of aromatic nitrogens is 1. The first-order valence-corrected chi connectivity index (χ1v) is 5.49. The Morgan fingerprint density at radius 3 is 2.62 bits per heavy atom. The Bertz CT molecular complexity index is 393. The van der Waals surface area contributed by atoms with Gasteiger partial charge >= 0.3 is 5.97 Å². The largest absolute Gasteiger partial charge is 0.461 e. The molecule has 0 fully saturated rings. The Morgan fingerprint density at radius 1 is 1.44 bits per heavy atom. The average molecular weight is 223 g/mol. The fourth-order valence-electron chi connectivity index (χ4n) is 1.74. The predicted molar refractivity (Wildman–Crippen MR) is 60.9 cm³/mol. The van der Waals surface area contributed by atoms with Gasteiger partial charge in [0.2, 0.25) is 0 Å². The molecule has 0 aromatic carbocycles. The molecule has 0 bridgehead atoms. The standard InChI is InChI=1S/C12H17NO3/c1-4-6-9-10(7-14)8(3)13-11(9)12(15)16-5-2/h7,13H,4-6H2,1-3H3. The maximum atomic E-state index is 11.7. The summed E-state index contributed by atoms with van der Waals surface area (Å²) in [5, 5.41) is 0. The zero-order chi connectivity index (χ0) is 12.1. The molecule has 0 amide bonds. The number of H-pyrrole nitrogens is 1. The van der Waals surface area contributed by atoms with Gasteiger partial charge in [-0.15, -0.1) is 0 Å². The van der Waals surface area contributed by atoms with Crippen molar-refractivity contribution in [2.45, 2.75) is 33.6 Å². The summed E-state index contributed by atoms with van der Waals surface area (Å²) in [5.41, 5.74) is 2.50. The number of hydrogen-bond acceptors (Lipinski definition) is 3. The molecule has 0 radical (unpaired) electrons. The minimum Gasteiger partial charge on any atom is -0.461 e. The summed E-state index contributed by atoms with van der Waals surface area (Å²) in [4.78, 5) is 25.5. The summed E-state index contributed by atoms with van der Waals surface area (Å²) in [6.07, 6.45) is 2.37. The van der Waals surface area contributed by atoms with Gasteiger partial charge in [0, 0.05) is 11.3 Å². The third kappa shape index (κ3) is 2.32. The molecule has 4 heteroatoms. The molecule has 0 aliphatic heterocycles. The second kappa shape index (κ2) is 5.49. The fourth-order valence-corrected chi connectivity index (χ4v) is 1.74. The van der Waals surface area contributed by atoms with Crippen molar-refractivity contribution >= 4 is 12.3 Å². The lowest BCUT2D eigenvalue weighted by atomic mass is 10.0. The maximum Gasteiger partial charge on any atom is 0.355 e. The van der Waals surface area contributed by atoms with Crippen molar-refractivity contribution in [2.24, 2.45) is 0 Å². The molecule has 1 aromatic rings. The Labute approximate surface area is 95.0 Å². The van der Waals surface area contributed by atoms with Crippen LogP contribution in [0.2, 0.25) is 0 Å². The molecule has 0 atom stereocenters. The first kappa shape index (κ1) is 12.5. The van der Waals surface area contributed by atoms with E-state index in [2.05, 4.69) is 4.98 Å². The van der Waals surface area contributed by atoms with Crippen LogP contribution in [0.25, 0.3) is 0 Å². The Kier molecular flexibility index (Phi) is 4.28. The quantitative estimate of drug-likeness (QED) is 0.615. The van der Waals surface area contributed by atoms with Crippen molar-refractivity contribution < 1.29 is 14.3 Å². The molecule has 0 spiro atoms. The number of rotatable bonds is 5. The zero-order valence-corrected chi connectivity index (χ0v) is 9.92. The van der Waals surface area contributed by atoms with E-state index in [1.165, 1.54) is 0 Å². The fraction of sp³-hybridized carbons (Fsp3) is 0.500. The van der Waals surface area contributed by atoms with Crippen molar-refractivity contribution in [2.75, 3.05) is 6.61 Å². The Balaban J connectivity index is 3.16. The lowest BCUT2D eigenvalue weighted by Gasteiger charge is -2.03. The highest BCUT2D eigenvalue weighted by atomic mass is 16.5. The van der Waals surface area contributed by atoms with E-state index in [4.69, 9.17) is 4.74 Å². The second-order valence-corrected chi connectivity index (χ2v) is 3.61. The lowest BCUT2D eigenvalue weighted by molar-refractivity contribution is 0.0519. The van der Waals surface area contributed by atoms with E-state index in [0.29, 0.717) is 24.3 Å². The molecule has 1 heterocycles. The molecule has 1 N–H and O–H groups in total. The van der Waals surface area contributed by atoms with E-state index < -0.39 is 0 Å². The summed E-state index contributed by atoms with van der Waals surface area (Å²) < 4.78 is 4.94. The van der Waals surface area contributed by atoms with Gasteiger partial charge in [0.05, 0.1) is 6.61 Å². The van der Waals surface area contributed by atoms with Gasteiger partial charge in [-0.2, -0.15) is 0 Å². The van der Waals surface area contributed by atoms with Gasteiger partial charge in [0.1, 0.15) is 5.69 Å². The highest BCUT2D eigenvalue weighted by Gasteiger charge is 2.19. The number of esters is 1.